The van der Waals surface area contributed by atoms with Crippen molar-refractivity contribution in [3.63, 3.8) is 0 Å². The van der Waals surface area contributed by atoms with Gasteiger partial charge in [-0.2, -0.15) is 0 Å². The fourth-order valence-electron chi connectivity index (χ4n) is 3.30. The summed E-state index contributed by atoms with van der Waals surface area (Å²) in [6.45, 7) is 3.88. The van der Waals surface area contributed by atoms with Crippen molar-refractivity contribution in [3.05, 3.63) is 35.6 Å². The van der Waals surface area contributed by atoms with E-state index in [9.17, 15) is 14.0 Å². The van der Waals surface area contributed by atoms with Gasteiger partial charge >= 0.3 is 6.03 Å². The second kappa shape index (κ2) is 8.29. The zero-order valence-corrected chi connectivity index (χ0v) is 14.2. The molecule has 3 rings (SSSR count). The molecular weight excluding hydrogens is 325 g/mol. The Morgan fingerprint density at radius 3 is 2.56 bits per heavy atom. The van der Waals surface area contributed by atoms with Crippen molar-refractivity contribution in [1.82, 2.24) is 15.1 Å². The lowest BCUT2D eigenvalue weighted by molar-refractivity contribution is -0.141. The molecule has 7 heteroatoms. The highest BCUT2D eigenvalue weighted by Gasteiger charge is 2.31. The maximum atomic E-state index is 12.9. The molecule has 2 saturated heterocycles. The molecule has 0 bridgehead atoms. The van der Waals surface area contributed by atoms with Crippen molar-refractivity contribution >= 4 is 11.9 Å². The van der Waals surface area contributed by atoms with Gasteiger partial charge in [-0.05, 0) is 30.5 Å². The van der Waals surface area contributed by atoms with Gasteiger partial charge in [-0.25, -0.2) is 9.18 Å². The summed E-state index contributed by atoms with van der Waals surface area (Å²) < 4.78 is 18.2. The van der Waals surface area contributed by atoms with Crippen molar-refractivity contribution in [3.8, 4) is 0 Å². The molecule has 0 aliphatic carbocycles. The first-order chi connectivity index (χ1) is 12.1. The number of nitrogens with one attached hydrogen (secondary N) is 1. The molecule has 2 aliphatic heterocycles. The second-order valence-corrected chi connectivity index (χ2v) is 6.51. The molecule has 1 aromatic rings. The summed E-state index contributed by atoms with van der Waals surface area (Å²) in [6.07, 6.45) is 1.64. The highest BCUT2D eigenvalue weighted by atomic mass is 19.1. The van der Waals surface area contributed by atoms with Crippen LogP contribution in [0.15, 0.2) is 24.3 Å². The Hall–Kier alpha value is -2.15. The summed E-state index contributed by atoms with van der Waals surface area (Å²) in [5, 5.41) is 2.85. The lowest BCUT2D eigenvalue weighted by Crippen LogP contribution is -2.51. The van der Waals surface area contributed by atoms with E-state index in [4.69, 9.17) is 4.74 Å². The molecule has 0 spiro atoms. The summed E-state index contributed by atoms with van der Waals surface area (Å²) in [5.74, 6) is -0.307. The number of hydrogen-bond acceptors (Lipinski definition) is 3. The van der Waals surface area contributed by atoms with E-state index in [2.05, 4.69) is 5.32 Å². The number of benzene rings is 1. The monoisotopic (exact) mass is 349 g/mol. The van der Waals surface area contributed by atoms with Crippen LogP contribution in [-0.2, 0) is 16.1 Å². The molecule has 136 valence electrons. The molecule has 25 heavy (non-hydrogen) atoms. The summed E-state index contributed by atoms with van der Waals surface area (Å²) in [4.78, 5) is 28.5. The number of halogens is 1. The molecular formula is C18H24FN3O3. The van der Waals surface area contributed by atoms with Crippen LogP contribution in [-0.4, -0.2) is 61.1 Å². The predicted molar refractivity (Wildman–Crippen MR) is 90.3 cm³/mol. The minimum atomic E-state index is -0.296. The number of ether oxygens (including phenoxy) is 1. The molecule has 6 nitrogen and oxygen atoms in total. The van der Waals surface area contributed by atoms with Gasteiger partial charge in [0.2, 0.25) is 5.91 Å². The van der Waals surface area contributed by atoms with E-state index in [0.29, 0.717) is 45.9 Å². The van der Waals surface area contributed by atoms with Crippen molar-refractivity contribution in [1.29, 1.82) is 0 Å². The van der Waals surface area contributed by atoms with Gasteiger partial charge in [0.15, 0.2) is 0 Å². The van der Waals surface area contributed by atoms with Gasteiger partial charge in [0.05, 0.1) is 19.1 Å². The number of carbonyl (C=O) groups excluding carboxylic acids is 2. The molecule has 1 atom stereocenters. The Morgan fingerprint density at radius 2 is 1.84 bits per heavy atom. The van der Waals surface area contributed by atoms with E-state index in [1.807, 2.05) is 4.90 Å². The molecule has 0 unspecified atom stereocenters. The third-order valence-electron chi connectivity index (χ3n) is 4.74. The molecule has 2 aliphatic rings. The van der Waals surface area contributed by atoms with Crippen molar-refractivity contribution < 1.29 is 18.7 Å². The number of carbonyl (C=O) groups is 2. The summed E-state index contributed by atoms with van der Waals surface area (Å²) in [6, 6.07) is 5.87. The minimum absolute atomic E-state index is 0.124. The Balaban J connectivity index is 1.50. The molecule has 1 N–H and O–H groups in total. The number of nitrogens with zero attached hydrogens (tertiary/aromatic N) is 2. The molecule has 2 heterocycles. The van der Waals surface area contributed by atoms with E-state index in [0.717, 1.165) is 18.4 Å². The van der Waals surface area contributed by atoms with E-state index < -0.39 is 0 Å². The lowest BCUT2D eigenvalue weighted by Gasteiger charge is -2.36. The Labute approximate surface area is 146 Å². The van der Waals surface area contributed by atoms with E-state index in [1.165, 1.54) is 12.1 Å². The Kier molecular flexibility index (Phi) is 5.86. The van der Waals surface area contributed by atoms with Crippen LogP contribution in [0, 0.1) is 11.7 Å². The maximum Gasteiger partial charge on any atom is 0.317 e. The maximum absolute atomic E-state index is 12.9. The smallest absolute Gasteiger partial charge is 0.317 e. The molecule has 3 amide bonds. The minimum Gasteiger partial charge on any atom is -0.378 e. The van der Waals surface area contributed by atoms with Crippen molar-refractivity contribution in [2.24, 2.45) is 5.92 Å². The number of morpholine rings is 1. The van der Waals surface area contributed by atoms with E-state index >= 15 is 0 Å². The fourth-order valence-corrected chi connectivity index (χ4v) is 3.30. The average Bonchev–Trinajstić information content (AvgIpc) is 2.67. The van der Waals surface area contributed by atoms with Crippen molar-refractivity contribution in [2.45, 2.75) is 19.4 Å². The fraction of sp³-hybridized carbons (Fsp3) is 0.556. The molecule has 0 saturated carbocycles. The molecule has 0 aromatic heterocycles. The average molecular weight is 349 g/mol. The number of hydrogen-bond donors (Lipinski definition) is 1. The Morgan fingerprint density at radius 1 is 1.12 bits per heavy atom. The molecule has 1 aromatic carbocycles. The zero-order valence-electron chi connectivity index (χ0n) is 14.2. The number of rotatable bonds is 3. The lowest BCUT2D eigenvalue weighted by atomic mass is 9.96. The Bertz CT molecular complexity index is 602. The predicted octanol–water partition coefficient (Wildman–Crippen LogP) is 1.61. The van der Waals surface area contributed by atoms with Crippen LogP contribution < -0.4 is 5.32 Å². The van der Waals surface area contributed by atoms with Gasteiger partial charge in [0.25, 0.3) is 0 Å². The highest BCUT2D eigenvalue weighted by molar-refractivity contribution is 5.81. The van der Waals surface area contributed by atoms with Crippen molar-refractivity contribution in [2.75, 3.05) is 39.4 Å². The van der Waals surface area contributed by atoms with Gasteiger partial charge in [-0.3, -0.25) is 4.79 Å². The van der Waals surface area contributed by atoms with Gasteiger partial charge in [-0.1, -0.05) is 12.1 Å². The summed E-state index contributed by atoms with van der Waals surface area (Å²) in [5.41, 5.74) is 0.840. The van der Waals surface area contributed by atoms with Crippen LogP contribution in [0.3, 0.4) is 0 Å². The van der Waals surface area contributed by atoms with Crippen LogP contribution in [0.5, 0.6) is 0 Å². The SMILES string of the molecule is O=C(NCc1ccc(F)cc1)N1CCC[C@@H](C(=O)N2CCOCC2)C1. The second-order valence-electron chi connectivity index (χ2n) is 6.51. The third kappa shape index (κ3) is 4.69. The van der Waals surface area contributed by atoms with E-state index in [-0.39, 0.29) is 23.7 Å². The first-order valence-electron chi connectivity index (χ1n) is 8.77. The number of likely N-dealkylation sites (tertiary alicyclic amines) is 1. The number of piperidine rings is 1. The quantitative estimate of drug-likeness (QED) is 0.902. The van der Waals surface area contributed by atoms with Crippen LogP contribution in [0.2, 0.25) is 0 Å². The van der Waals surface area contributed by atoms with Gasteiger partial charge in [0, 0.05) is 32.7 Å². The number of urea groups is 1. The van der Waals surface area contributed by atoms with Gasteiger partial charge in [-0.15, -0.1) is 0 Å². The van der Waals surface area contributed by atoms with Crippen LogP contribution in [0.4, 0.5) is 9.18 Å². The molecule has 2 fully saturated rings. The topological polar surface area (TPSA) is 61.9 Å². The first-order valence-corrected chi connectivity index (χ1v) is 8.77. The largest absolute Gasteiger partial charge is 0.378 e. The van der Waals surface area contributed by atoms with Gasteiger partial charge in [0.1, 0.15) is 5.82 Å². The number of amides is 3. The standard InChI is InChI=1S/C18H24FN3O3/c19-16-5-3-14(4-6-16)12-20-18(24)22-7-1-2-15(13-22)17(23)21-8-10-25-11-9-21/h3-6,15H,1-2,7-13H2,(H,20,24)/t15-/m1/s1. The molecule has 0 radical (unpaired) electrons. The third-order valence-corrected chi connectivity index (χ3v) is 4.74. The normalized spacial score (nSPS) is 21.1. The first kappa shape index (κ1) is 17.7. The van der Waals surface area contributed by atoms with E-state index in [1.54, 1.807) is 17.0 Å². The summed E-state index contributed by atoms with van der Waals surface area (Å²) in [7, 11) is 0. The van der Waals surface area contributed by atoms with Gasteiger partial charge < -0.3 is 19.9 Å². The zero-order chi connectivity index (χ0) is 17.6. The summed E-state index contributed by atoms with van der Waals surface area (Å²) >= 11 is 0. The van der Waals surface area contributed by atoms with Crippen LogP contribution in [0.25, 0.3) is 0 Å². The van der Waals surface area contributed by atoms with Crippen LogP contribution >= 0.6 is 0 Å². The van der Waals surface area contributed by atoms with Crippen LogP contribution in [0.1, 0.15) is 18.4 Å². The highest BCUT2D eigenvalue weighted by Crippen LogP contribution is 2.19.